The van der Waals surface area contributed by atoms with Gasteiger partial charge in [0.15, 0.2) is 0 Å². The highest BCUT2D eigenvalue weighted by Gasteiger charge is 2.18. The zero-order valence-corrected chi connectivity index (χ0v) is 12.4. The van der Waals surface area contributed by atoms with Gasteiger partial charge < -0.3 is 15.2 Å². The summed E-state index contributed by atoms with van der Waals surface area (Å²) in [4.78, 5) is 0. The molecule has 0 amide bonds. The Hall–Kier alpha value is -1.32. The van der Waals surface area contributed by atoms with E-state index in [1.54, 1.807) is 7.11 Å². The number of hydrogen-bond acceptors (Lipinski definition) is 3. The Balaban J connectivity index is 1.83. The van der Waals surface area contributed by atoms with Crippen LogP contribution in [0.5, 0.6) is 5.75 Å². The summed E-state index contributed by atoms with van der Waals surface area (Å²) in [7, 11) is 1.65. The lowest BCUT2D eigenvalue weighted by molar-refractivity contribution is 0.133. The van der Waals surface area contributed by atoms with Gasteiger partial charge in [-0.1, -0.05) is 24.3 Å². The van der Waals surface area contributed by atoms with Crippen LogP contribution >= 0.6 is 0 Å². The highest BCUT2D eigenvalue weighted by molar-refractivity contribution is 5.28. The van der Waals surface area contributed by atoms with E-state index in [-0.39, 0.29) is 6.04 Å². The van der Waals surface area contributed by atoms with E-state index in [1.165, 1.54) is 12.8 Å². The fourth-order valence-corrected chi connectivity index (χ4v) is 2.60. The van der Waals surface area contributed by atoms with Gasteiger partial charge in [-0.05, 0) is 56.3 Å². The van der Waals surface area contributed by atoms with Crippen LogP contribution in [0.1, 0.15) is 37.9 Å². The standard InChI is InChI=1S/C17H25NO2/c1-13(18-12-14-6-4-3-5-7-14)17(19)15-8-10-16(20-2)11-9-15/h3-4,8-11,13-14,17-19H,5-7,12H2,1-2H3. The van der Waals surface area contributed by atoms with Crippen LogP contribution in [0.25, 0.3) is 0 Å². The molecule has 0 saturated heterocycles. The third-order valence-corrected chi connectivity index (χ3v) is 4.04. The van der Waals surface area contributed by atoms with Crippen molar-refractivity contribution in [2.24, 2.45) is 5.92 Å². The molecule has 20 heavy (non-hydrogen) atoms. The quantitative estimate of drug-likeness (QED) is 0.784. The summed E-state index contributed by atoms with van der Waals surface area (Å²) >= 11 is 0. The molecule has 2 rings (SSSR count). The van der Waals surface area contributed by atoms with Crippen LogP contribution in [0, 0.1) is 5.92 Å². The van der Waals surface area contributed by atoms with Gasteiger partial charge in [-0.15, -0.1) is 0 Å². The van der Waals surface area contributed by atoms with E-state index in [0.717, 1.165) is 24.3 Å². The van der Waals surface area contributed by atoms with E-state index in [9.17, 15) is 5.11 Å². The van der Waals surface area contributed by atoms with E-state index in [4.69, 9.17) is 4.74 Å². The maximum absolute atomic E-state index is 10.4. The van der Waals surface area contributed by atoms with Crippen molar-refractivity contribution in [3.05, 3.63) is 42.0 Å². The second kappa shape index (κ2) is 7.46. The molecule has 1 aliphatic carbocycles. The molecule has 110 valence electrons. The first-order valence-electron chi connectivity index (χ1n) is 7.41. The zero-order chi connectivity index (χ0) is 14.4. The Morgan fingerprint density at radius 2 is 2.05 bits per heavy atom. The average Bonchev–Trinajstić information content (AvgIpc) is 2.53. The van der Waals surface area contributed by atoms with Crippen LogP contribution in [-0.4, -0.2) is 24.8 Å². The largest absolute Gasteiger partial charge is 0.497 e. The Bertz CT molecular complexity index is 427. The Morgan fingerprint density at radius 1 is 1.30 bits per heavy atom. The van der Waals surface area contributed by atoms with Crippen molar-refractivity contribution in [1.82, 2.24) is 5.32 Å². The zero-order valence-electron chi connectivity index (χ0n) is 12.4. The molecule has 0 heterocycles. The lowest BCUT2D eigenvalue weighted by Gasteiger charge is -2.25. The molecule has 2 N–H and O–H groups in total. The van der Waals surface area contributed by atoms with Gasteiger partial charge in [-0.25, -0.2) is 0 Å². The Labute approximate surface area is 121 Å². The first-order chi connectivity index (χ1) is 9.70. The lowest BCUT2D eigenvalue weighted by Crippen LogP contribution is -2.36. The van der Waals surface area contributed by atoms with E-state index in [1.807, 2.05) is 31.2 Å². The summed E-state index contributed by atoms with van der Waals surface area (Å²) in [6, 6.07) is 7.67. The summed E-state index contributed by atoms with van der Waals surface area (Å²) in [5.74, 6) is 1.51. The van der Waals surface area contributed by atoms with Gasteiger partial charge in [-0.3, -0.25) is 0 Å². The molecule has 0 spiro atoms. The van der Waals surface area contributed by atoms with Gasteiger partial charge >= 0.3 is 0 Å². The molecule has 0 aliphatic heterocycles. The number of rotatable bonds is 6. The molecule has 3 heteroatoms. The summed E-state index contributed by atoms with van der Waals surface area (Å²) in [5, 5.41) is 13.8. The van der Waals surface area contributed by atoms with Gasteiger partial charge in [0.05, 0.1) is 13.2 Å². The van der Waals surface area contributed by atoms with E-state index >= 15 is 0 Å². The molecule has 0 saturated carbocycles. The van der Waals surface area contributed by atoms with Gasteiger partial charge in [0, 0.05) is 6.04 Å². The van der Waals surface area contributed by atoms with Crippen molar-refractivity contribution in [3.63, 3.8) is 0 Å². The molecule has 1 aliphatic rings. The molecule has 0 aromatic heterocycles. The third-order valence-electron chi connectivity index (χ3n) is 4.04. The molecule has 0 fully saturated rings. The number of methoxy groups -OCH3 is 1. The first-order valence-corrected chi connectivity index (χ1v) is 7.41. The number of benzene rings is 1. The lowest BCUT2D eigenvalue weighted by atomic mass is 9.94. The highest BCUT2D eigenvalue weighted by atomic mass is 16.5. The van der Waals surface area contributed by atoms with Crippen molar-refractivity contribution in [3.8, 4) is 5.75 Å². The molecular weight excluding hydrogens is 250 g/mol. The minimum Gasteiger partial charge on any atom is -0.497 e. The van der Waals surface area contributed by atoms with Crippen LogP contribution < -0.4 is 10.1 Å². The highest BCUT2D eigenvalue weighted by Crippen LogP contribution is 2.21. The van der Waals surface area contributed by atoms with Crippen LogP contribution in [0.15, 0.2) is 36.4 Å². The topological polar surface area (TPSA) is 41.5 Å². The Kier molecular flexibility index (Phi) is 5.62. The molecule has 3 unspecified atom stereocenters. The minimum atomic E-state index is -0.486. The molecule has 1 aromatic rings. The summed E-state index contributed by atoms with van der Waals surface area (Å²) in [6.07, 6.45) is 7.61. The molecule has 3 atom stereocenters. The van der Waals surface area contributed by atoms with Crippen molar-refractivity contribution < 1.29 is 9.84 Å². The minimum absolute atomic E-state index is 0.0503. The number of aliphatic hydroxyl groups excluding tert-OH is 1. The van der Waals surface area contributed by atoms with Crippen molar-refractivity contribution >= 4 is 0 Å². The number of hydrogen-bond donors (Lipinski definition) is 2. The van der Waals surface area contributed by atoms with Gasteiger partial charge in [0.1, 0.15) is 5.75 Å². The van der Waals surface area contributed by atoms with E-state index in [2.05, 4.69) is 17.5 Å². The SMILES string of the molecule is COc1ccc(C(O)C(C)NCC2CC=CCC2)cc1. The molecule has 3 nitrogen and oxygen atoms in total. The first kappa shape index (κ1) is 15.1. The van der Waals surface area contributed by atoms with Gasteiger partial charge in [0.2, 0.25) is 0 Å². The van der Waals surface area contributed by atoms with Crippen molar-refractivity contribution in [1.29, 1.82) is 0 Å². The number of nitrogens with one attached hydrogen (secondary N) is 1. The summed E-state index contributed by atoms with van der Waals surface area (Å²) in [6.45, 7) is 3.01. The second-order valence-electron chi connectivity index (χ2n) is 5.57. The number of aliphatic hydroxyl groups is 1. The maximum atomic E-state index is 10.4. The molecular formula is C17H25NO2. The summed E-state index contributed by atoms with van der Waals surface area (Å²) < 4.78 is 5.13. The average molecular weight is 275 g/mol. The fourth-order valence-electron chi connectivity index (χ4n) is 2.60. The van der Waals surface area contributed by atoms with E-state index in [0.29, 0.717) is 5.92 Å². The predicted octanol–water partition coefficient (Wildman–Crippen LogP) is 3.06. The number of allylic oxidation sites excluding steroid dienone is 2. The van der Waals surface area contributed by atoms with Crippen LogP contribution in [0.4, 0.5) is 0 Å². The molecule has 0 bridgehead atoms. The Morgan fingerprint density at radius 3 is 2.65 bits per heavy atom. The second-order valence-corrected chi connectivity index (χ2v) is 5.57. The van der Waals surface area contributed by atoms with Crippen molar-refractivity contribution in [2.75, 3.05) is 13.7 Å². The fraction of sp³-hybridized carbons (Fsp3) is 0.529. The normalized spacial score (nSPS) is 21.4. The summed E-state index contributed by atoms with van der Waals surface area (Å²) in [5.41, 5.74) is 0.925. The van der Waals surface area contributed by atoms with Crippen molar-refractivity contribution in [2.45, 2.75) is 38.3 Å². The predicted molar refractivity (Wildman–Crippen MR) is 81.9 cm³/mol. The number of ether oxygens (including phenoxy) is 1. The van der Waals surface area contributed by atoms with Crippen LogP contribution in [0.3, 0.4) is 0 Å². The maximum Gasteiger partial charge on any atom is 0.118 e. The van der Waals surface area contributed by atoms with E-state index < -0.39 is 6.10 Å². The molecule has 0 radical (unpaired) electrons. The van der Waals surface area contributed by atoms with Crippen LogP contribution in [-0.2, 0) is 0 Å². The monoisotopic (exact) mass is 275 g/mol. The van der Waals surface area contributed by atoms with Crippen LogP contribution in [0.2, 0.25) is 0 Å². The molecule has 1 aromatic carbocycles. The third kappa shape index (κ3) is 4.09. The smallest absolute Gasteiger partial charge is 0.118 e. The van der Waals surface area contributed by atoms with Gasteiger partial charge in [-0.2, -0.15) is 0 Å². The van der Waals surface area contributed by atoms with Gasteiger partial charge in [0.25, 0.3) is 0 Å².